The maximum atomic E-state index is 12.2. The highest BCUT2D eigenvalue weighted by Crippen LogP contribution is 2.62. The number of amides is 4. The summed E-state index contributed by atoms with van der Waals surface area (Å²) in [4.78, 5) is 24.5. The number of urea groups is 2. The van der Waals surface area contributed by atoms with Gasteiger partial charge in [0.2, 0.25) is 0 Å². The van der Waals surface area contributed by atoms with Crippen molar-refractivity contribution < 1.29 is 9.59 Å². The molecule has 0 aromatic heterocycles. The molecule has 0 radical (unpaired) electrons. The minimum absolute atomic E-state index is 0.00149. The average Bonchev–Trinajstić information content (AvgIpc) is 2.84. The van der Waals surface area contributed by atoms with Gasteiger partial charge in [0.1, 0.15) is 0 Å². The van der Waals surface area contributed by atoms with E-state index in [9.17, 15) is 9.59 Å². The van der Waals surface area contributed by atoms with E-state index in [1.807, 2.05) is 0 Å². The molecule has 4 N–H and O–H groups in total. The predicted molar refractivity (Wildman–Crippen MR) is 152 cm³/mol. The predicted octanol–water partition coefficient (Wildman–Crippen LogP) is 6.36. The quantitative estimate of drug-likeness (QED) is 0.211. The molecule has 0 atom stereocenters. The van der Waals surface area contributed by atoms with Crippen LogP contribution in [0.4, 0.5) is 9.59 Å². The second kappa shape index (κ2) is 11.6. The molecule has 6 nitrogen and oxygen atoms in total. The SMILES string of the molecule is O=C(NCCCCCCNC(=O)NCCC12CC3CC(CC(C3)C1)C2)NCCC12CC3CC(CC(C3)C1)C2. The summed E-state index contributed by atoms with van der Waals surface area (Å²) in [5.74, 6) is 5.89. The minimum Gasteiger partial charge on any atom is -0.338 e. The van der Waals surface area contributed by atoms with Crippen LogP contribution >= 0.6 is 0 Å². The second-order valence-corrected chi connectivity index (χ2v) is 15.1. The third kappa shape index (κ3) is 6.46. The smallest absolute Gasteiger partial charge is 0.314 e. The first-order chi connectivity index (χ1) is 18.5. The summed E-state index contributed by atoms with van der Waals surface area (Å²) in [7, 11) is 0. The zero-order valence-electron chi connectivity index (χ0n) is 23.8. The van der Waals surface area contributed by atoms with Crippen molar-refractivity contribution in [1.82, 2.24) is 21.3 Å². The third-order valence-electron chi connectivity index (χ3n) is 11.9. The molecule has 8 fully saturated rings. The molecule has 0 aromatic carbocycles. The Morgan fingerprint density at radius 1 is 0.447 bits per heavy atom. The van der Waals surface area contributed by atoms with Gasteiger partial charge in [0.05, 0.1) is 0 Å². The highest BCUT2D eigenvalue weighted by atomic mass is 16.2. The first kappa shape index (κ1) is 26.7. The number of rotatable bonds is 13. The molecule has 0 heterocycles. The molecule has 214 valence electrons. The summed E-state index contributed by atoms with van der Waals surface area (Å²) in [6.07, 6.45) is 23.9. The topological polar surface area (TPSA) is 82.3 Å². The summed E-state index contributed by atoms with van der Waals surface area (Å²) >= 11 is 0. The molecule has 38 heavy (non-hydrogen) atoms. The fourth-order valence-electron chi connectivity index (χ4n) is 11.2. The van der Waals surface area contributed by atoms with E-state index in [-0.39, 0.29) is 12.1 Å². The van der Waals surface area contributed by atoms with Gasteiger partial charge in [-0.25, -0.2) is 9.59 Å². The molecule has 8 saturated carbocycles. The molecule has 0 aliphatic heterocycles. The van der Waals surface area contributed by atoms with Crippen molar-refractivity contribution in [2.24, 2.45) is 46.3 Å². The molecule has 8 aliphatic rings. The van der Waals surface area contributed by atoms with E-state index < -0.39 is 0 Å². The fraction of sp³-hybridized carbons (Fsp3) is 0.938. The Labute approximate surface area is 231 Å². The normalized spacial score (nSPS) is 39.8. The van der Waals surface area contributed by atoms with Gasteiger partial charge in [0.15, 0.2) is 0 Å². The van der Waals surface area contributed by atoms with Crippen molar-refractivity contribution in [1.29, 1.82) is 0 Å². The first-order valence-electron chi connectivity index (χ1n) is 16.5. The van der Waals surface area contributed by atoms with Gasteiger partial charge >= 0.3 is 12.1 Å². The van der Waals surface area contributed by atoms with Crippen LogP contribution in [0.15, 0.2) is 0 Å². The lowest BCUT2D eigenvalue weighted by Crippen LogP contribution is -2.47. The number of carbonyl (C=O) groups excluding carboxylic acids is 2. The zero-order valence-corrected chi connectivity index (χ0v) is 23.8. The van der Waals surface area contributed by atoms with E-state index in [1.165, 1.54) is 89.9 Å². The van der Waals surface area contributed by atoms with Crippen molar-refractivity contribution in [3.8, 4) is 0 Å². The van der Waals surface area contributed by atoms with E-state index in [4.69, 9.17) is 0 Å². The standard InChI is InChI=1S/C32H54N4O2/c37-29(35-9-5-31-17-23-11-24(18-31)13-25(12-23)19-31)33-7-3-1-2-4-8-34-30(38)36-10-6-32-20-26-14-27(21-32)16-28(15-26)22-32/h23-28H,1-22H2,(H2,33,35,37)(H2,34,36,38). The lowest BCUT2D eigenvalue weighted by Gasteiger charge is -2.57. The van der Waals surface area contributed by atoms with Crippen LogP contribution in [-0.2, 0) is 0 Å². The van der Waals surface area contributed by atoms with Crippen molar-refractivity contribution >= 4 is 12.1 Å². The molecule has 8 aliphatic carbocycles. The molecule has 0 aromatic rings. The van der Waals surface area contributed by atoms with Gasteiger partial charge in [0, 0.05) is 26.2 Å². The Morgan fingerprint density at radius 2 is 0.737 bits per heavy atom. The summed E-state index contributed by atoms with van der Waals surface area (Å²) in [6, 6.07) is 0.00298. The minimum atomic E-state index is 0.00149. The monoisotopic (exact) mass is 526 g/mol. The lowest BCUT2D eigenvalue weighted by atomic mass is 9.49. The zero-order chi connectivity index (χ0) is 26.0. The van der Waals surface area contributed by atoms with Crippen molar-refractivity contribution in [2.45, 2.75) is 116 Å². The largest absolute Gasteiger partial charge is 0.338 e. The lowest BCUT2D eigenvalue weighted by molar-refractivity contribution is -0.0565. The van der Waals surface area contributed by atoms with Crippen molar-refractivity contribution in [2.75, 3.05) is 26.2 Å². The second-order valence-electron chi connectivity index (χ2n) is 15.1. The van der Waals surface area contributed by atoms with Crippen LogP contribution < -0.4 is 21.3 Å². The molecule has 8 rings (SSSR count). The molecular weight excluding hydrogens is 472 g/mol. The van der Waals surface area contributed by atoms with E-state index in [0.717, 1.165) is 87.4 Å². The van der Waals surface area contributed by atoms with Gasteiger partial charge in [-0.15, -0.1) is 0 Å². The number of unbranched alkanes of at least 4 members (excludes halogenated alkanes) is 3. The van der Waals surface area contributed by atoms with Crippen LogP contribution in [0.1, 0.15) is 116 Å². The number of carbonyl (C=O) groups is 2. The summed E-state index contributed by atoms with van der Waals surface area (Å²) < 4.78 is 0. The van der Waals surface area contributed by atoms with Crippen LogP contribution in [0.2, 0.25) is 0 Å². The highest BCUT2D eigenvalue weighted by Gasteiger charge is 2.51. The van der Waals surface area contributed by atoms with Crippen molar-refractivity contribution in [3.63, 3.8) is 0 Å². The Kier molecular flexibility index (Phi) is 8.14. The maximum absolute atomic E-state index is 12.2. The third-order valence-corrected chi connectivity index (χ3v) is 11.9. The number of hydrogen-bond acceptors (Lipinski definition) is 2. The molecule has 0 spiro atoms. The van der Waals surface area contributed by atoms with Crippen LogP contribution in [0.25, 0.3) is 0 Å². The summed E-state index contributed by atoms with van der Waals surface area (Å²) in [6.45, 7) is 3.13. The number of hydrogen-bond donors (Lipinski definition) is 4. The van der Waals surface area contributed by atoms with Gasteiger partial charge in [-0.2, -0.15) is 0 Å². The van der Waals surface area contributed by atoms with Gasteiger partial charge in [-0.05, 0) is 149 Å². The molecule has 8 bridgehead atoms. The van der Waals surface area contributed by atoms with E-state index in [1.54, 1.807) is 0 Å². The van der Waals surface area contributed by atoms with Crippen LogP contribution in [0.3, 0.4) is 0 Å². The van der Waals surface area contributed by atoms with Crippen molar-refractivity contribution in [3.05, 3.63) is 0 Å². The van der Waals surface area contributed by atoms with Gasteiger partial charge < -0.3 is 21.3 Å². The van der Waals surface area contributed by atoms with Crippen LogP contribution in [0.5, 0.6) is 0 Å². The summed E-state index contributed by atoms with van der Waals surface area (Å²) in [5, 5.41) is 12.3. The Balaban J connectivity index is 0.744. The first-order valence-corrected chi connectivity index (χ1v) is 16.5. The molecule has 0 saturated heterocycles. The van der Waals surface area contributed by atoms with E-state index in [0.29, 0.717) is 10.8 Å². The van der Waals surface area contributed by atoms with E-state index in [2.05, 4.69) is 21.3 Å². The van der Waals surface area contributed by atoms with Gasteiger partial charge in [0.25, 0.3) is 0 Å². The van der Waals surface area contributed by atoms with E-state index >= 15 is 0 Å². The Bertz CT molecular complexity index is 703. The number of nitrogens with one attached hydrogen (secondary N) is 4. The average molecular weight is 527 g/mol. The van der Waals surface area contributed by atoms with Gasteiger partial charge in [-0.1, -0.05) is 12.8 Å². The fourth-order valence-corrected chi connectivity index (χ4v) is 11.2. The van der Waals surface area contributed by atoms with Gasteiger partial charge in [-0.3, -0.25) is 0 Å². The van der Waals surface area contributed by atoms with Crippen LogP contribution in [0, 0.1) is 46.3 Å². The molecule has 4 amide bonds. The molecule has 6 heteroatoms. The highest BCUT2D eigenvalue weighted by molar-refractivity contribution is 5.74. The molecular formula is C32H54N4O2. The Morgan fingerprint density at radius 3 is 1.05 bits per heavy atom. The Hall–Kier alpha value is -1.46. The maximum Gasteiger partial charge on any atom is 0.314 e. The molecule has 0 unspecified atom stereocenters. The van der Waals surface area contributed by atoms with Crippen LogP contribution in [-0.4, -0.2) is 38.2 Å². The summed E-state index contributed by atoms with van der Waals surface area (Å²) in [5.41, 5.74) is 1.09.